The fourth-order valence-corrected chi connectivity index (χ4v) is 3.12. The zero-order chi connectivity index (χ0) is 18.3. The van der Waals surface area contributed by atoms with Gasteiger partial charge in [-0.3, -0.25) is 4.79 Å². The van der Waals surface area contributed by atoms with Crippen LogP contribution in [0.2, 0.25) is 0 Å². The van der Waals surface area contributed by atoms with Crippen LogP contribution < -0.4 is 10.5 Å². The smallest absolute Gasteiger partial charge is 0.252 e. The highest BCUT2D eigenvalue weighted by atomic mass is 19.2. The summed E-state index contributed by atoms with van der Waals surface area (Å²) in [6.07, 6.45) is 0.194. The first-order valence-corrected chi connectivity index (χ1v) is 8.25. The van der Waals surface area contributed by atoms with Gasteiger partial charge in [0.2, 0.25) is 0 Å². The SMILES string of the molecule is Cn1c(Cc2nc(N3CCOCC3)cc(=O)[nH]2)nc2ccc(F)c(F)c21. The Morgan fingerprint density at radius 3 is 2.77 bits per heavy atom. The maximum Gasteiger partial charge on any atom is 0.252 e. The largest absolute Gasteiger partial charge is 0.378 e. The molecule has 3 aromatic rings. The van der Waals surface area contributed by atoms with Crippen molar-refractivity contribution in [3.63, 3.8) is 0 Å². The van der Waals surface area contributed by atoms with Crippen molar-refractivity contribution < 1.29 is 13.5 Å². The molecule has 0 spiro atoms. The van der Waals surface area contributed by atoms with E-state index in [-0.39, 0.29) is 17.5 Å². The van der Waals surface area contributed by atoms with Gasteiger partial charge in [0.25, 0.3) is 5.56 Å². The first kappa shape index (κ1) is 16.6. The molecule has 0 amide bonds. The van der Waals surface area contributed by atoms with Crippen molar-refractivity contribution in [2.24, 2.45) is 7.05 Å². The van der Waals surface area contributed by atoms with E-state index >= 15 is 0 Å². The zero-order valence-corrected chi connectivity index (χ0v) is 14.1. The van der Waals surface area contributed by atoms with E-state index < -0.39 is 11.6 Å². The van der Waals surface area contributed by atoms with Crippen LogP contribution in [0.5, 0.6) is 0 Å². The number of imidazole rings is 1. The van der Waals surface area contributed by atoms with Gasteiger partial charge in [-0.15, -0.1) is 0 Å². The van der Waals surface area contributed by atoms with E-state index in [1.807, 2.05) is 4.90 Å². The van der Waals surface area contributed by atoms with Crippen molar-refractivity contribution in [2.45, 2.75) is 6.42 Å². The Bertz CT molecular complexity index is 1020. The normalized spacial score (nSPS) is 15.0. The standard InChI is InChI=1S/C17H17F2N5O2/c1-23-13(20-11-3-2-10(18)16(19)17(11)23)8-12-21-14(9-15(25)22-12)24-4-6-26-7-5-24/h2-3,9H,4-8H2,1H3,(H,21,22,25). The molecule has 1 aromatic carbocycles. The third kappa shape index (κ3) is 2.94. The number of ether oxygens (including phenoxy) is 1. The molecule has 1 fully saturated rings. The topological polar surface area (TPSA) is 76.0 Å². The number of rotatable bonds is 3. The highest BCUT2D eigenvalue weighted by Gasteiger charge is 2.18. The summed E-state index contributed by atoms with van der Waals surface area (Å²) in [7, 11) is 1.61. The molecule has 0 aliphatic carbocycles. The molecule has 0 atom stereocenters. The lowest BCUT2D eigenvalue weighted by molar-refractivity contribution is 0.122. The van der Waals surface area contributed by atoms with Gasteiger partial charge in [-0.2, -0.15) is 0 Å². The maximum absolute atomic E-state index is 14.1. The highest BCUT2D eigenvalue weighted by molar-refractivity contribution is 5.76. The quantitative estimate of drug-likeness (QED) is 0.762. The second kappa shape index (κ2) is 6.49. The number of aryl methyl sites for hydroxylation is 1. The van der Waals surface area contributed by atoms with Gasteiger partial charge in [0.1, 0.15) is 23.0 Å². The molecule has 3 heterocycles. The minimum Gasteiger partial charge on any atom is -0.378 e. The molecule has 1 aliphatic heterocycles. The number of nitrogens with zero attached hydrogens (tertiary/aromatic N) is 4. The van der Waals surface area contributed by atoms with Crippen molar-refractivity contribution >= 4 is 16.9 Å². The summed E-state index contributed by atoms with van der Waals surface area (Å²) < 4.78 is 34.3. The summed E-state index contributed by atoms with van der Waals surface area (Å²) in [6.45, 7) is 2.48. The van der Waals surface area contributed by atoms with Crippen LogP contribution in [0.1, 0.15) is 11.6 Å². The highest BCUT2D eigenvalue weighted by Crippen LogP contribution is 2.22. The van der Waals surface area contributed by atoms with Gasteiger partial charge in [0.05, 0.1) is 25.2 Å². The van der Waals surface area contributed by atoms with Crippen LogP contribution in [0.3, 0.4) is 0 Å². The number of morpholine rings is 1. The van der Waals surface area contributed by atoms with Gasteiger partial charge in [-0.25, -0.2) is 18.7 Å². The molecule has 0 radical (unpaired) electrons. The molecule has 26 heavy (non-hydrogen) atoms. The van der Waals surface area contributed by atoms with E-state index in [1.54, 1.807) is 7.05 Å². The maximum atomic E-state index is 14.1. The molecular formula is C17H17F2N5O2. The summed E-state index contributed by atoms with van der Waals surface area (Å²) >= 11 is 0. The van der Waals surface area contributed by atoms with Gasteiger partial charge in [-0.1, -0.05) is 0 Å². The number of halogens is 2. The van der Waals surface area contributed by atoms with E-state index in [2.05, 4.69) is 15.0 Å². The van der Waals surface area contributed by atoms with Crippen LogP contribution in [-0.2, 0) is 18.2 Å². The number of benzene rings is 1. The number of nitrogens with one attached hydrogen (secondary N) is 1. The van der Waals surface area contributed by atoms with Gasteiger partial charge in [0.15, 0.2) is 11.6 Å². The number of H-pyrrole nitrogens is 1. The summed E-state index contributed by atoms with van der Waals surface area (Å²) in [5, 5.41) is 0. The molecule has 7 nitrogen and oxygen atoms in total. The van der Waals surface area contributed by atoms with Crippen molar-refractivity contribution in [2.75, 3.05) is 31.2 Å². The Kier molecular flexibility index (Phi) is 4.15. The van der Waals surface area contributed by atoms with Crippen LogP contribution in [0.25, 0.3) is 11.0 Å². The molecule has 0 unspecified atom stereocenters. The predicted molar refractivity (Wildman–Crippen MR) is 91.3 cm³/mol. The van der Waals surface area contributed by atoms with Crippen molar-refractivity contribution in [3.8, 4) is 0 Å². The molecule has 2 aromatic heterocycles. The van der Waals surface area contributed by atoms with Crippen LogP contribution in [0.15, 0.2) is 23.0 Å². The number of fused-ring (bicyclic) bond motifs is 1. The summed E-state index contributed by atoms with van der Waals surface area (Å²) in [6, 6.07) is 3.92. The molecule has 0 saturated carbocycles. The molecule has 1 N–H and O–H groups in total. The molecule has 136 valence electrons. The number of aromatic amines is 1. The minimum atomic E-state index is -0.938. The van der Waals surface area contributed by atoms with E-state index in [9.17, 15) is 13.6 Å². The van der Waals surface area contributed by atoms with Gasteiger partial charge >= 0.3 is 0 Å². The number of hydrogen-bond donors (Lipinski definition) is 1. The molecular weight excluding hydrogens is 344 g/mol. The summed E-state index contributed by atoms with van der Waals surface area (Å²) in [5.41, 5.74) is 0.173. The predicted octanol–water partition coefficient (Wildman–Crippen LogP) is 1.36. The van der Waals surface area contributed by atoms with Crippen molar-refractivity contribution in [1.29, 1.82) is 0 Å². The van der Waals surface area contributed by atoms with E-state index in [1.165, 1.54) is 16.7 Å². The first-order valence-electron chi connectivity index (χ1n) is 8.25. The second-order valence-electron chi connectivity index (χ2n) is 6.14. The second-order valence-corrected chi connectivity index (χ2v) is 6.14. The minimum absolute atomic E-state index is 0.0895. The molecule has 9 heteroatoms. The third-order valence-corrected chi connectivity index (χ3v) is 4.46. The molecule has 4 rings (SSSR count). The lowest BCUT2D eigenvalue weighted by atomic mass is 10.3. The fraction of sp³-hybridized carbons (Fsp3) is 0.353. The average molecular weight is 361 g/mol. The Morgan fingerprint density at radius 1 is 1.23 bits per heavy atom. The van der Waals surface area contributed by atoms with Gasteiger partial charge in [0, 0.05) is 26.2 Å². The van der Waals surface area contributed by atoms with E-state index in [0.29, 0.717) is 49.3 Å². The molecule has 1 saturated heterocycles. The van der Waals surface area contributed by atoms with E-state index in [0.717, 1.165) is 6.07 Å². The van der Waals surface area contributed by atoms with Crippen molar-refractivity contribution in [3.05, 3.63) is 51.8 Å². The Balaban J connectivity index is 1.70. The van der Waals surface area contributed by atoms with Crippen LogP contribution in [0, 0.1) is 11.6 Å². The lowest BCUT2D eigenvalue weighted by Crippen LogP contribution is -2.37. The summed E-state index contributed by atoms with van der Waals surface area (Å²) in [4.78, 5) is 25.5. The Morgan fingerprint density at radius 2 is 2.00 bits per heavy atom. The average Bonchev–Trinajstić information content (AvgIpc) is 2.95. The van der Waals surface area contributed by atoms with E-state index in [4.69, 9.17) is 4.74 Å². The van der Waals surface area contributed by atoms with Crippen LogP contribution in [0.4, 0.5) is 14.6 Å². The Hall–Kier alpha value is -2.81. The molecule has 1 aliphatic rings. The van der Waals surface area contributed by atoms with Gasteiger partial charge in [-0.05, 0) is 12.1 Å². The van der Waals surface area contributed by atoms with Crippen LogP contribution >= 0.6 is 0 Å². The molecule has 0 bridgehead atoms. The monoisotopic (exact) mass is 361 g/mol. The first-order chi connectivity index (χ1) is 12.5. The fourth-order valence-electron chi connectivity index (χ4n) is 3.12. The summed E-state index contributed by atoms with van der Waals surface area (Å²) in [5.74, 6) is -0.395. The number of anilines is 1. The number of hydrogen-bond acceptors (Lipinski definition) is 5. The number of aromatic nitrogens is 4. The zero-order valence-electron chi connectivity index (χ0n) is 14.1. The van der Waals surface area contributed by atoms with Gasteiger partial charge < -0.3 is 19.2 Å². The van der Waals surface area contributed by atoms with Crippen molar-refractivity contribution in [1.82, 2.24) is 19.5 Å². The lowest BCUT2D eigenvalue weighted by Gasteiger charge is -2.27. The third-order valence-electron chi connectivity index (χ3n) is 4.46. The van der Waals surface area contributed by atoms with Crippen LogP contribution in [-0.4, -0.2) is 45.8 Å². The Labute approximate surface area is 147 Å².